The van der Waals surface area contributed by atoms with Crippen molar-refractivity contribution in [3.05, 3.63) is 36.7 Å². The van der Waals surface area contributed by atoms with Crippen molar-refractivity contribution < 1.29 is 9.53 Å². The molecule has 164 valence electrons. The van der Waals surface area contributed by atoms with E-state index in [4.69, 9.17) is 4.74 Å². The maximum absolute atomic E-state index is 11.9. The van der Waals surface area contributed by atoms with E-state index in [1.165, 1.54) is 19.3 Å². The molecule has 0 bridgehead atoms. The van der Waals surface area contributed by atoms with Crippen LogP contribution in [-0.2, 0) is 4.74 Å². The quantitative estimate of drug-likeness (QED) is 0.750. The Morgan fingerprint density at radius 2 is 1.97 bits per heavy atom. The van der Waals surface area contributed by atoms with Gasteiger partial charge < -0.3 is 14.5 Å². The van der Waals surface area contributed by atoms with Gasteiger partial charge in [0.15, 0.2) is 0 Å². The number of amides is 1. The number of carbonyl (C=O) groups excluding carboxylic acids is 1. The van der Waals surface area contributed by atoms with E-state index in [2.05, 4.69) is 31.0 Å². The van der Waals surface area contributed by atoms with Gasteiger partial charge in [0.25, 0.3) is 0 Å². The second kappa shape index (κ2) is 8.42. The van der Waals surface area contributed by atoms with Crippen molar-refractivity contribution in [3.63, 3.8) is 0 Å². The van der Waals surface area contributed by atoms with Crippen LogP contribution in [0, 0.1) is 5.41 Å². The maximum atomic E-state index is 11.9. The molecule has 8 nitrogen and oxygen atoms in total. The molecule has 3 fully saturated rings. The Morgan fingerprint density at radius 3 is 2.71 bits per heavy atom. The van der Waals surface area contributed by atoms with Crippen molar-refractivity contribution in [2.75, 3.05) is 50.8 Å². The summed E-state index contributed by atoms with van der Waals surface area (Å²) in [5.41, 5.74) is 2.22. The van der Waals surface area contributed by atoms with Gasteiger partial charge in [-0.1, -0.05) is 0 Å². The van der Waals surface area contributed by atoms with Crippen LogP contribution in [0.15, 0.2) is 36.7 Å². The van der Waals surface area contributed by atoms with Crippen LogP contribution in [0.2, 0.25) is 0 Å². The lowest BCUT2D eigenvalue weighted by atomic mass is 9.78. The molecule has 1 amide bonds. The minimum atomic E-state index is -0.153. The summed E-state index contributed by atoms with van der Waals surface area (Å²) in [7, 11) is 0. The molecule has 5 rings (SSSR count). The minimum Gasteiger partial charge on any atom is -0.450 e. The number of rotatable bonds is 4. The fourth-order valence-corrected chi connectivity index (χ4v) is 5.48. The molecule has 8 heteroatoms. The number of hydrogen-bond donors (Lipinski definition) is 0. The van der Waals surface area contributed by atoms with E-state index in [-0.39, 0.29) is 6.09 Å². The molecule has 3 aliphatic rings. The van der Waals surface area contributed by atoms with E-state index in [9.17, 15) is 4.79 Å². The topological polar surface area (TPSA) is 74.7 Å². The second-order valence-corrected chi connectivity index (χ2v) is 8.96. The molecule has 1 atom stereocenters. The Kier molecular flexibility index (Phi) is 5.48. The van der Waals surface area contributed by atoms with Gasteiger partial charge >= 0.3 is 6.09 Å². The van der Waals surface area contributed by atoms with Crippen molar-refractivity contribution in [3.8, 4) is 11.3 Å². The van der Waals surface area contributed by atoms with Crippen molar-refractivity contribution >= 4 is 11.9 Å². The lowest BCUT2D eigenvalue weighted by molar-refractivity contribution is -0.00294. The highest BCUT2D eigenvalue weighted by atomic mass is 16.6. The number of hydrogen-bond acceptors (Lipinski definition) is 7. The molecule has 1 spiro atoms. The third kappa shape index (κ3) is 3.96. The smallest absolute Gasteiger partial charge is 0.409 e. The molecule has 0 aromatic carbocycles. The summed E-state index contributed by atoms with van der Waals surface area (Å²) < 4.78 is 5.14. The van der Waals surface area contributed by atoms with E-state index in [0.717, 1.165) is 56.3 Å². The number of likely N-dealkylation sites (tertiary alicyclic amines) is 1. The van der Waals surface area contributed by atoms with E-state index in [0.29, 0.717) is 18.1 Å². The molecule has 0 radical (unpaired) electrons. The molecular formula is C23H30N6O2. The summed E-state index contributed by atoms with van der Waals surface area (Å²) in [6.07, 6.45) is 7.03. The molecule has 2 saturated heterocycles. The van der Waals surface area contributed by atoms with Crippen molar-refractivity contribution in [2.24, 2.45) is 5.41 Å². The largest absolute Gasteiger partial charge is 0.450 e. The Labute approximate surface area is 183 Å². The molecule has 0 unspecified atom stereocenters. The van der Waals surface area contributed by atoms with Gasteiger partial charge in [0.2, 0.25) is 0 Å². The summed E-state index contributed by atoms with van der Waals surface area (Å²) in [6.45, 7) is 8.03. The van der Waals surface area contributed by atoms with Crippen molar-refractivity contribution in [2.45, 2.75) is 32.2 Å². The number of pyridine rings is 1. The molecule has 2 aromatic rings. The first-order valence-corrected chi connectivity index (χ1v) is 11.3. The fourth-order valence-electron chi connectivity index (χ4n) is 5.48. The standard InChI is InChI=1S/C23H30N6O2/c1-2-31-22(30)29-16-23(17-29)8-7-18(15-23)27-11-13-28(14-12-27)21-19(5-3-9-24-21)20-6-4-10-25-26-20/h3-6,9-10,18H,2,7-8,11-17H2,1H3/t18-/m1/s1. The Hall–Kier alpha value is -2.74. The third-order valence-electron chi connectivity index (χ3n) is 7.02. The zero-order chi connectivity index (χ0) is 21.3. The highest BCUT2D eigenvalue weighted by Gasteiger charge is 2.51. The van der Waals surface area contributed by atoms with E-state index < -0.39 is 0 Å². The molecule has 2 aliphatic heterocycles. The molecule has 1 saturated carbocycles. The predicted octanol–water partition coefficient (Wildman–Crippen LogP) is 2.67. The first-order chi connectivity index (χ1) is 15.2. The zero-order valence-electron chi connectivity index (χ0n) is 18.1. The van der Waals surface area contributed by atoms with E-state index in [1.54, 1.807) is 6.20 Å². The van der Waals surface area contributed by atoms with Crippen molar-refractivity contribution in [1.29, 1.82) is 0 Å². The third-order valence-corrected chi connectivity index (χ3v) is 7.02. The van der Waals surface area contributed by atoms with Crippen LogP contribution in [-0.4, -0.2) is 83.0 Å². The molecule has 4 heterocycles. The Balaban J connectivity index is 1.18. The molecule has 31 heavy (non-hydrogen) atoms. The molecule has 2 aromatic heterocycles. The summed E-state index contributed by atoms with van der Waals surface area (Å²) in [5.74, 6) is 0.995. The van der Waals surface area contributed by atoms with Gasteiger partial charge in [-0.3, -0.25) is 4.90 Å². The van der Waals surface area contributed by atoms with Crippen LogP contribution in [0.3, 0.4) is 0 Å². The SMILES string of the molecule is CCOC(=O)N1CC2(CC[C@@H](N3CCN(c4ncccc4-c4cccnn4)CC3)C2)C1. The monoisotopic (exact) mass is 422 g/mol. The molecule has 0 N–H and O–H groups in total. The van der Waals surface area contributed by atoms with Gasteiger partial charge in [-0.2, -0.15) is 10.2 Å². The summed E-state index contributed by atoms with van der Waals surface area (Å²) in [4.78, 5) is 23.5. The van der Waals surface area contributed by atoms with E-state index in [1.807, 2.05) is 36.2 Å². The summed E-state index contributed by atoms with van der Waals surface area (Å²) in [5, 5.41) is 8.31. The predicted molar refractivity (Wildman–Crippen MR) is 118 cm³/mol. The number of anilines is 1. The van der Waals surface area contributed by atoms with Crippen LogP contribution in [0.25, 0.3) is 11.3 Å². The highest BCUT2D eigenvalue weighted by molar-refractivity contribution is 5.73. The first-order valence-electron chi connectivity index (χ1n) is 11.3. The van der Waals surface area contributed by atoms with Crippen LogP contribution in [0.1, 0.15) is 26.2 Å². The van der Waals surface area contributed by atoms with Gasteiger partial charge in [0, 0.05) is 68.7 Å². The van der Waals surface area contributed by atoms with Gasteiger partial charge in [0.1, 0.15) is 5.82 Å². The van der Waals surface area contributed by atoms with Gasteiger partial charge in [-0.05, 0) is 50.5 Å². The summed E-state index contributed by atoms with van der Waals surface area (Å²) >= 11 is 0. The number of nitrogens with zero attached hydrogens (tertiary/aromatic N) is 6. The molecule has 1 aliphatic carbocycles. The number of ether oxygens (including phenoxy) is 1. The van der Waals surface area contributed by atoms with E-state index >= 15 is 0 Å². The first kappa shape index (κ1) is 20.2. The number of aromatic nitrogens is 3. The lowest BCUT2D eigenvalue weighted by Crippen LogP contribution is -2.58. The van der Waals surface area contributed by atoms with Crippen LogP contribution in [0.5, 0.6) is 0 Å². The molecular weight excluding hydrogens is 392 g/mol. The minimum absolute atomic E-state index is 0.153. The van der Waals surface area contributed by atoms with Crippen LogP contribution >= 0.6 is 0 Å². The lowest BCUT2D eigenvalue weighted by Gasteiger charge is -2.48. The Morgan fingerprint density at radius 1 is 1.16 bits per heavy atom. The normalized spacial score (nSPS) is 23.1. The van der Waals surface area contributed by atoms with Gasteiger partial charge in [-0.15, -0.1) is 0 Å². The van der Waals surface area contributed by atoms with Crippen LogP contribution in [0.4, 0.5) is 10.6 Å². The summed E-state index contributed by atoms with van der Waals surface area (Å²) in [6, 6.07) is 8.55. The Bertz CT molecular complexity index is 909. The average Bonchev–Trinajstić information content (AvgIpc) is 3.25. The maximum Gasteiger partial charge on any atom is 0.409 e. The van der Waals surface area contributed by atoms with Gasteiger partial charge in [-0.25, -0.2) is 9.78 Å². The highest BCUT2D eigenvalue weighted by Crippen LogP contribution is 2.47. The number of piperazine rings is 1. The average molecular weight is 423 g/mol. The second-order valence-electron chi connectivity index (χ2n) is 8.96. The zero-order valence-corrected chi connectivity index (χ0v) is 18.1. The fraction of sp³-hybridized carbons (Fsp3) is 0.565. The number of carbonyl (C=O) groups is 1. The van der Waals surface area contributed by atoms with Crippen molar-refractivity contribution in [1.82, 2.24) is 25.0 Å². The van der Waals surface area contributed by atoms with Gasteiger partial charge in [0.05, 0.1) is 12.3 Å². The van der Waals surface area contributed by atoms with Crippen LogP contribution < -0.4 is 4.90 Å².